The first-order chi connectivity index (χ1) is 12.5. The molecule has 0 aliphatic rings. The van der Waals surface area contributed by atoms with E-state index in [1.54, 1.807) is 6.07 Å². The topological polar surface area (TPSA) is 44.8 Å². The van der Waals surface area contributed by atoms with Gasteiger partial charge >= 0.3 is 18.9 Å². The predicted octanol–water partition coefficient (Wildman–Crippen LogP) is 4.34. The fourth-order valence-electron chi connectivity index (χ4n) is 2.57. The molecule has 0 bridgehead atoms. The van der Waals surface area contributed by atoms with Crippen molar-refractivity contribution in [3.8, 4) is 17.2 Å². The second-order valence-electron chi connectivity index (χ2n) is 5.48. The molecule has 2 aromatic rings. The molecular weight excluding hydrogens is 378 g/mol. The van der Waals surface area contributed by atoms with Crippen LogP contribution in [0.3, 0.4) is 0 Å². The molecule has 2 aromatic carbocycles. The number of carbonyl (C=O) groups excluding carboxylic acids is 1. The summed E-state index contributed by atoms with van der Waals surface area (Å²) in [5.74, 6) is 1.88. The van der Waals surface area contributed by atoms with Crippen LogP contribution in [0.5, 0.6) is 17.2 Å². The van der Waals surface area contributed by atoms with Crippen LogP contribution in [0.1, 0.15) is 36.7 Å². The zero-order chi connectivity index (χ0) is 19.1. The van der Waals surface area contributed by atoms with Gasteiger partial charge in [0.05, 0.1) is 30.1 Å². The Bertz CT molecular complexity index is 735. The van der Waals surface area contributed by atoms with Crippen molar-refractivity contribution in [1.82, 2.24) is 0 Å². The van der Waals surface area contributed by atoms with Gasteiger partial charge in [0.2, 0.25) is 0 Å². The number of rotatable bonds is 9. The second kappa shape index (κ2) is 11.6. The van der Waals surface area contributed by atoms with Gasteiger partial charge in [-0.1, -0.05) is 23.7 Å². The Labute approximate surface area is 179 Å². The summed E-state index contributed by atoms with van der Waals surface area (Å²) in [5, 5.41) is 1.20. The fourth-order valence-corrected chi connectivity index (χ4v) is 4.18. The Morgan fingerprint density at radius 3 is 2.04 bits per heavy atom. The van der Waals surface area contributed by atoms with E-state index < -0.39 is 0 Å². The molecule has 0 amide bonds. The van der Waals surface area contributed by atoms with Gasteiger partial charge in [-0.05, 0) is 47.9 Å². The van der Waals surface area contributed by atoms with E-state index in [9.17, 15) is 4.79 Å². The second-order valence-corrected chi connectivity index (χ2v) is 7.09. The van der Waals surface area contributed by atoms with Crippen molar-refractivity contribution in [2.75, 3.05) is 19.8 Å². The maximum atomic E-state index is 13.0. The molecular formula is C20H25ClLiO4P. The van der Waals surface area contributed by atoms with Crippen LogP contribution in [0.4, 0.5) is 0 Å². The van der Waals surface area contributed by atoms with Gasteiger partial charge in [-0.15, -0.1) is 0 Å². The molecule has 142 valence electrons. The summed E-state index contributed by atoms with van der Waals surface area (Å²) >= 11 is 6.26. The van der Waals surface area contributed by atoms with E-state index >= 15 is 0 Å². The van der Waals surface area contributed by atoms with Gasteiger partial charge in [-0.2, -0.15) is 0 Å². The van der Waals surface area contributed by atoms with Gasteiger partial charge in [0.25, 0.3) is 0 Å². The van der Waals surface area contributed by atoms with E-state index in [2.05, 4.69) is 0 Å². The zero-order valence-electron chi connectivity index (χ0n) is 15.5. The average Bonchev–Trinajstić information content (AvgIpc) is 2.58. The Morgan fingerprint density at radius 1 is 1.00 bits per heavy atom. The molecule has 0 radical (unpaired) electrons. The van der Waals surface area contributed by atoms with Gasteiger partial charge in [0, 0.05) is 17.7 Å². The number of halogens is 1. The predicted molar refractivity (Wildman–Crippen MR) is 116 cm³/mol. The van der Waals surface area contributed by atoms with Crippen LogP contribution in [-0.4, -0.2) is 44.2 Å². The normalized spacial score (nSPS) is 10.6. The molecule has 0 N–H and O–H groups in total. The molecule has 4 nitrogen and oxygen atoms in total. The van der Waals surface area contributed by atoms with Crippen molar-refractivity contribution < 1.29 is 19.0 Å². The van der Waals surface area contributed by atoms with Crippen LogP contribution in [-0.2, 0) is 0 Å². The van der Waals surface area contributed by atoms with Crippen LogP contribution in [0.2, 0.25) is 5.02 Å². The standard InChI is InChI=1S/C20H24ClO4P.Li.H/c1-5-23-14-11-16(24-6-2)19(17(12-14)25-7-3)26-20(22)18-13(4)9-8-10-15(18)21;;/h8-12,26H,5-7H2,1-4H3;;. The molecule has 0 saturated heterocycles. The van der Waals surface area contributed by atoms with Crippen LogP contribution >= 0.6 is 20.2 Å². The first-order valence-corrected chi connectivity index (χ1v) is 10.0. The molecule has 2 rings (SSSR count). The molecule has 0 aromatic heterocycles. The number of benzene rings is 2. The SMILES string of the molecule is CCOc1cc(OCC)c(PC(=O)c2c(C)cccc2Cl)c(OCC)c1.[LiH]. The number of ether oxygens (including phenoxy) is 3. The molecule has 27 heavy (non-hydrogen) atoms. The fraction of sp³-hybridized carbons (Fsp3) is 0.350. The number of carbonyl (C=O) groups is 1. The van der Waals surface area contributed by atoms with Crippen molar-refractivity contribution in [2.24, 2.45) is 0 Å². The van der Waals surface area contributed by atoms with Crippen molar-refractivity contribution in [3.63, 3.8) is 0 Å². The molecule has 0 spiro atoms. The third-order valence-electron chi connectivity index (χ3n) is 3.64. The maximum absolute atomic E-state index is 13.0. The monoisotopic (exact) mass is 402 g/mol. The Hall–Kier alpha value is -1.17. The third kappa shape index (κ3) is 6.16. The van der Waals surface area contributed by atoms with E-state index in [4.69, 9.17) is 25.8 Å². The molecule has 0 heterocycles. The Morgan fingerprint density at radius 2 is 1.56 bits per heavy atom. The van der Waals surface area contributed by atoms with Crippen LogP contribution in [0, 0.1) is 6.92 Å². The average molecular weight is 403 g/mol. The summed E-state index contributed by atoms with van der Waals surface area (Å²) < 4.78 is 17.1. The van der Waals surface area contributed by atoms with Gasteiger partial charge in [-0.3, -0.25) is 4.79 Å². The van der Waals surface area contributed by atoms with E-state index in [-0.39, 0.29) is 33.0 Å². The van der Waals surface area contributed by atoms with Gasteiger partial charge in [0.1, 0.15) is 17.2 Å². The molecule has 0 saturated carbocycles. The summed E-state index contributed by atoms with van der Waals surface area (Å²) in [5.41, 5.74) is 1.36. The Balaban J connectivity index is 0.00000364. The van der Waals surface area contributed by atoms with E-state index in [0.717, 1.165) is 10.9 Å². The zero-order valence-corrected chi connectivity index (χ0v) is 17.3. The van der Waals surface area contributed by atoms with Gasteiger partial charge in [0.15, 0.2) is 5.52 Å². The van der Waals surface area contributed by atoms with Crippen LogP contribution in [0.25, 0.3) is 0 Å². The molecule has 1 atom stereocenters. The van der Waals surface area contributed by atoms with Gasteiger partial charge in [-0.25, -0.2) is 0 Å². The van der Waals surface area contributed by atoms with E-state index in [1.807, 2.05) is 52.0 Å². The summed E-state index contributed by atoms with van der Waals surface area (Å²) in [7, 11) is -0.165. The summed E-state index contributed by atoms with van der Waals surface area (Å²) in [6, 6.07) is 9.08. The van der Waals surface area contributed by atoms with Crippen LogP contribution in [0.15, 0.2) is 30.3 Å². The molecule has 7 heteroatoms. The molecule has 0 fully saturated rings. The summed E-state index contributed by atoms with van der Waals surface area (Å²) in [6.07, 6.45) is 0. The molecule has 0 aliphatic carbocycles. The van der Waals surface area contributed by atoms with Crippen LogP contribution < -0.4 is 19.5 Å². The number of aryl methyl sites for hydroxylation is 1. The van der Waals surface area contributed by atoms with Gasteiger partial charge < -0.3 is 14.2 Å². The van der Waals surface area contributed by atoms with Crippen molar-refractivity contribution >= 4 is 49.9 Å². The minimum absolute atomic E-state index is 0. The minimum atomic E-state index is -0.165. The number of hydrogen-bond donors (Lipinski definition) is 0. The third-order valence-corrected chi connectivity index (χ3v) is 5.17. The quantitative estimate of drug-likeness (QED) is 0.462. The van der Waals surface area contributed by atoms with Crippen molar-refractivity contribution in [1.29, 1.82) is 0 Å². The first kappa shape index (κ1) is 23.9. The van der Waals surface area contributed by atoms with E-state index in [0.29, 0.717) is 47.7 Å². The summed E-state index contributed by atoms with van der Waals surface area (Å²) in [6.45, 7) is 9.11. The van der Waals surface area contributed by atoms with Crippen molar-refractivity contribution in [3.05, 3.63) is 46.5 Å². The summed E-state index contributed by atoms with van der Waals surface area (Å²) in [4.78, 5) is 13.0. The molecule has 1 unspecified atom stereocenters. The van der Waals surface area contributed by atoms with E-state index in [1.165, 1.54) is 0 Å². The molecule has 0 aliphatic heterocycles. The number of hydrogen-bond acceptors (Lipinski definition) is 4. The Kier molecular flexibility index (Phi) is 10.3. The first-order valence-electron chi connectivity index (χ1n) is 8.64. The van der Waals surface area contributed by atoms with Crippen molar-refractivity contribution in [2.45, 2.75) is 27.7 Å².